The Kier molecular flexibility index (Phi) is 5.04. The number of phenols is 1. The van der Waals surface area contributed by atoms with Crippen LogP contribution in [-0.4, -0.2) is 28.2 Å². The molecular formula is C19H19ClFN3O. The van der Waals surface area contributed by atoms with E-state index >= 15 is 0 Å². The van der Waals surface area contributed by atoms with Crippen LogP contribution >= 0.6 is 11.6 Å². The number of amidine groups is 1. The summed E-state index contributed by atoms with van der Waals surface area (Å²) in [4.78, 5) is 0. The molecule has 1 heterocycles. The molecule has 6 heteroatoms. The molecule has 0 aromatic heterocycles. The molecule has 0 saturated carbocycles. The summed E-state index contributed by atoms with van der Waals surface area (Å²) >= 11 is 5.98. The van der Waals surface area contributed by atoms with Gasteiger partial charge in [-0.1, -0.05) is 36.7 Å². The molecule has 0 saturated heterocycles. The zero-order valence-electron chi connectivity index (χ0n) is 13.8. The van der Waals surface area contributed by atoms with Gasteiger partial charge in [-0.25, -0.2) is 4.39 Å². The van der Waals surface area contributed by atoms with Crippen molar-refractivity contribution in [2.75, 3.05) is 6.54 Å². The zero-order chi connectivity index (χ0) is 18.0. The first-order valence-corrected chi connectivity index (χ1v) is 8.49. The second-order valence-corrected chi connectivity index (χ2v) is 6.58. The third-order valence-corrected chi connectivity index (χ3v) is 4.59. The van der Waals surface area contributed by atoms with E-state index in [-0.39, 0.29) is 22.5 Å². The molecule has 1 aliphatic heterocycles. The predicted molar refractivity (Wildman–Crippen MR) is 98.0 cm³/mol. The summed E-state index contributed by atoms with van der Waals surface area (Å²) in [6.07, 6.45) is 1.16. The molecule has 0 spiro atoms. The van der Waals surface area contributed by atoms with Crippen molar-refractivity contribution in [2.24, 2.45) is 11.0 Å². The van der Waals surface area contributed by atoms with Crippen LogP contribution in [0.3, 0.4) is 0 Å². The Labute approximate surface area is 151 Å². The van der Waals surface area contributed by atoms with Gasteiger partial charge in [-0.15, -0.1) is 0 Å². The number of hydrogen-bond acceptors (Lipinski definition) is 3. The molecule has 2 aromatic rings. The van der Waals surface area contributed by atoms with E-state index in [2.05, 4.69) is 5.10 Å². The van der Waals surface area contributed by atoms with Crippen molar-refractivity contribution >= 4 is 23.1 Å². The van der Waals surface area contributed by atoms with E-state index in [1.54, 1.807) is 35.3 Å². The average Bonchev–Trinajstić information content (AvgIpc) is 2.98. The molecule has 3 rings (SSSR count). The number of nitrogens with one attached hydrogen (secondary N) is 1. The molecule has 1 unspecified atom stereocenters. The number of aryl methyl sites for hydroxylation is 1. The maximum absolute atomic E-state index is 12.9. The van der Waals surface area contributed by atoms with Gasteiger partial charge in [0.05, 0.1) is 17.3 Å². The fourth-order valence-corrected chi connectivity index (χ4v) is 3.04. The molecule has 25 heavy (non-hydrogen) atoms. The first-order valence-electron chi connectivity index (χ1n) is 8.11. The summed E-state index contributed by atoms with van der Waals surface area (Å²) < 4.78 is 12.9. The van der Waals surface area contributed by atoms with Crippen LogP contribution in [0.4, 0.5) is 4.39 Å². The van der Waals surface area contributed by atoms with E-state index in [1.807, 2.05) is 6.92 Å². The molecule has 0 aliphatic carbocycles. The minimum absolute atomic E-state index is 0.0226. The van der Waals surface area contributed by atoms with E-state index < -0.39 is 0 Å². The van der Waals surface area contributed by atoms with E-state index in [9.17, 15) is 9.50 Å². The Bertz CT molecular complexity index is 820. The SMILES string of the molecule is CC1CN(C(=N)CCc2ccc(F)cc2)N=C1c1cccc(Cl)c1O. The maximum atomic E-state index is 12.9. The molecule has 2 aromatic carbocycles. The van der Waals surface area contributed by atoms with Crippen molar-refractivity contribution in [1.82, 2.24) is 5.01 Å². The highest BCUT2D eigenvalue weighted by molar-refractivity contribution is 6.32. The Hall–Kier alpha value is -2.40. The van der Waals surface area contributed by atoms with Crippen molar-refractivity contribution < 1.29 is 9.50 Å². The third kappa shape index (κ3) is 3.82. The monoisotopic (exact) mass is 359 g/mol. The van der Waals surface area contributed by atoms with Gasteiger partial charge in [-0.2, -0.15) is 5.10 Å². The largest absolute Gasteiger partial charge is 0.506 e. The lowest BCUT2D eigenvalue weighted by molar-refractivity contribution is 0.443. The third-order valence-electron chi connectivity index (χ3n) is 4.28. The molecule has 2 N–H and O–H groups in total. The van der Waals surface area contributed by atoms with Gasteiger partial charge in [0.15, 0.2) is 0 Å². The Morgan fingerprint density at radius 1 is 1.32 bits per heavy atom. The van der Waals surface area contributed by atoms with Gasteiger partial charge >= 0.3 is 0 Å². The van der Waals surface area contributed by atoms with Crippen LogP contribution in [0.15, 0.2) is 47.6 Å². The van der Waals surface area contributed by atoms with Crippen molar-refractivity contribution in [1.29, 1.82) is 5.41 Å². The fraction of sp³-hybridized carbons (Fsp3) is 0.263. The van der Waals surface area contributed by atoms with Crippen molar-refractivity contribution in [2.45, 2.75) is 19.8 Å². The lowest BCUT2D eigenvalue weighted by atomic mass is 9.98. The molecule has 1 atom stereocenters. The van der Waals surface area contributed by atoms with Crippen LogP contribution in [0.2, 0.25) is 5.02 Å². The zero-order valence-corrected chi connectivity index (χ0v) is 14.6. The molecule has 0 radical (unpaired) electrons. The molecule has 1 aliphatic rings. The highest BCUT2D eigenvalue weighted by Gasteiger charge is 2.28. The fourth-order valence-electron chi connectivity index (χ4n) is 2.87. The van der Waals surface area contributed by atoms with E-state index in [0.717, 1.165) is 11.3 Å². The topological polar surface area (TPSA) is 59.7 Å². The lowest BCUT2D eigenvalue weighted by Crippen LogP contribution is -2.25. The number of aromatic hydroxyl groups is 1. The molecular weight excluding hydrogens is 341 g/mol. The smallest absolute Gasteiger partial charge is 0.143 e. The van der Waals surface area contributed by atoms with Crippen LogP contribution < -0.4 is 0 Å². The highest BCUT2D eigenvalue weighted by Crippen LogP contribution is 2.31. The van der Waals surface area contributed by atoms with Crippen LogP contribution in [0.25, 0.3) is 0 Å². The molecule has 0 fully saturated rings. The van der Waals surface area contributed by atoms with Crippen LogP contribution in [0.1, 0.15) is 24.5 Å². The minimum atomic E-state index is -0.261. The standard InChI is InChI=1S/C19H19ClFN3O/c1-12-11-24(17(22)10-7-13-5-8-14(21)9-6-13)23-18(12)15-3-2-4-16(20)19(15)25/h2-6,8-9,12,22,25H,7,10-11H2,1H3. The van der Waals surface area contributed by atoms with Gasteiger partial charge in [0, 0.05) is 17.9 Å². The van der Waals surface area contributed by atoms with Crippen LogP contribution in [-0.2, 0) is 6.42 Å². The summed E-state index contributed by atoms with van der Waals surface area (Å²) in [5, 5.41) is 24.9. The van der Waals surface area contributed by atoms with Crippen molar-refractivity contribution in [3.63, 3.8) is 0 Å². The second kappa shape index (κ2) is 7.23. The predicted octanol–water partition coefficient (Wildman–Crippen LogP) is 4.45. The van der Waals surface area contributed by atoms with Gasteiger partial charge in [0.1, 0.15) is 17.4 Å². The molecule has 0 bridgehead atoms. The average molecular weight is 360 g/mol. The van der Waals surface area contributed by atoms with Crippen molar-refractivity contribution in [3.05, 3.63) is 64.4 Å². The Balaban J connectivity index is 1.71. The quantitative estimate of drug-likeness (QED) is 0.625. The minimum Gasteiger partial charge on any atom is -0.506 e. The number of hydrogen-bond donors (Lipinski definition) is 2. The van der Waals surface area contributed by atoms with E-state index in [1.165, 1.54) is 12.1 Å². The number of nitrogens with zero attached hydrogens (tertiary/aromatic N) is 2. The first-order chi connectivity index (χ1) is 12.0. The highest BCUT2D eigenvalue weighted by atomic mass is 35.5. The molecule has 0 amide bonds. The molecule has 4 nitrogen and oxygen atoms in total. The van der Waals surface area contributed by atoms with Crippen molar-refractivity contribution in [3.8, 4) is 5.75 Å². The van der Waals surface area contributed by atoms with Crippen LogP contribution in [0.5, 0.6) is 5.75 Å². The molecule has 130 valence electrons. The Morgan fingerprint density at radius 3 is 2.76 bits per heavy atom. The normalized spacial score (nSPS) is 16.8. The number of rotatable bonds is 4. The van der Waals surface area contributed by atoms with Gasteiger partial charge in [-0.05, 0) is 36.2 Å². The van der Waals surface area contributed by atoms with E-state index in [4.69, 9.17) is 17.0 Å². The first kappa shape index (κ1) is 17.4. The Morgan fingerprint density at radius 2 is 2.04 bits per heavy atom. The summed E-state index contributed by atoms with van der Waals surface area (Å²) in [6, 6.07) is 11.5. The second-order valence-electron chi connectivity index (χ2n) is 6.18. The lowest BCUT2D eigenvalue weighted by Gasteiger charge is -2.15. The van der Waals surface area contributed by atoms with Gasteiger partial charge in [0.2, 0.25) is 0 Å². The summed E-state index contributed by atoms with van der Waals surface area (Å²) in [7, 11) is 0. The number of hydrazone groups is 1. The van der Waals surface area contributed by atoms with Gasteiger partial charge in [0.25, 0.3) is 0 Å². The number of benzene rings is 2. The van der Waals surface area contributed by atoms with Crippen LogP contribution in [0, 0.1) is 17.1 Å². The van der Waals surface area contributed by atoms with E-state index in [0.29, 0.717) is 30.8 Å². The maximum Gasteiger partial charge on any atom is 0.143 e. The van der Waals surface area contributed by atoms with Gasteiger partial charge in [-0.3, -0.25) is 10.4 Å². The summed E-state index contributed by atoms with van der Waals surface area (Å²) in [5.74, 6) is 0.237. The number of halogens is 2. The number of para-hydroxylation sites is 1. The summed E-state index contributed by atoms with van der Waals surface area (Å²) in [5.41, 5.74) is 2.32. The summed E-state index contributed by atoms with van der Waals surface area (Å²) in [6.45, 7) is 2.59. The van der Waals surface area contributed by atoms with Gasteiger partial charge < -0.3 is 5.11 Å². The number of phenolic OH excluding ortho intramolecular Hbond substituents is 1.